The van der Waals surface area contributed by atoms with Crippen LogP contribution in [0.5, 0.6) is 0 Å². The van der Waals surface area contributed by atoms with Gasteiger partial charge in [-0.1, -0.05) is 35.0 Å². The summed E-state index contributed by atoms with van der Waals surface area (Å²) >= 11 is 5.98. The number of benzene rings is 2. The smallest absolute Gasteiger partial charge is 0.145 e. The van der Waals surface area contributed by atoms with Gasteiger partial charge in [-0.05, 0) is 38.1 Å². The van der Waals surface area contributed by atoms with Crippen LogP contribution in [0, 0.1) is 19.7 Å². The average molecular weight is 344 g/mol. The molecule has 0 saturated heterocycles. The second kappa shape index (κ2) is 6.93. The van der Waals surface area contributed by atoms with Crippen molar-refractivity contribution in [3.05, 3.63) is 75.6 Å². The Morgan fingerprint density at radius 3 is 2.25 bits per heavy atom. The van der Waals surface area contributed by atoms with Crippen molar-refractivity contribution in [2.45, 2.75) is 20.5 Å². The first-order valence-corrected chi connectivity index (χ1v) is 7.76. The maximum atomic E-state index is 13.1. The summed E-state index contributed by atoms with van der Waals surface area (Å²) in [5.74, 6) is -0.387. The summed E-state index contributed by atoms with van der Waals surface area (Å²) in [6, 6.07) is 11.8. The molecule has 2 aromatic carbocycles. The van der Waals surface area contributed by atoms with E-state index in [1.54, 1.807) is 6.07 Å². The highest BCUT2D eigenvalue weighted by atomic mass is 35.5. The third-order valence-electron chi connectivity index (χ3n) is 3.53. The molecule has 4 nitrogen and oxygen atoms in total. The van der Waals surface area contributed by atoms with E-state index < -0.39 is 0 Å². The van der Waals surface area contributed by atoms with Crippen molar-refractivity contribution in [3.8, 4) is 0 Å². The predicted molar refractivity (Wildman–Crippen MR) is 90.8 cm³/mol. The van der Waals surface area contributed by atoms with Crippen molar-refractivity contribution in [3.63, 3.8) is 0 Å². The number of halogens is 2. The van der Waals surface area contributed by atoms with Crippen LogP contribution in [-0.2, 0) is 11.4 Å². The summed E-state index contributed by atoms with van der Waals surface area (Å²) in [6.45, 7) is 3.85. The molecule has 0 bridgehead atoms. The lowest BCUT2D eigenvalue weighted by atomic mass is 10.2. The molecule has 0 atom stereocenters. The van der Waals surface area contributed by atoms with E-state index in [2.05, 4.69) is 15.1 Å². The number of aromatic nitrogens is 2. The molecule has 3 aromatic rings. The lowest BCUT2D eigenvalue weighted by Gasteiger charge is -2.02. The molecule has 3 rings (SSSR count). The van der Waals surface area contributed by atoms with Crippen molar-refractivity contribution >= 4 is 22.6 Å². The first-order chi connectivity index (χ1) is 11.5. The molecule has 0 amide bonds. The van der Waals surface area contributed by atoms with Crippen LogP contribution >= 0.6 is 11.6 Å². The van der Waals surface area contributed by atoms with Gasteiger partial charge in [0, 0.05) is 5.56 Å². The SMILES string of the molecule is Cc1nc2ccccc2nc(C)c1=NOCc1ccc(F)cc1Cl. The number of hydrogen-bond donors (Lipinski definition) is 0. The molecule has 0 fully saturated rings. The number of hydrogen-bond acceptors (Lipinski definition) is 4. The number of aryl methyl sites for hydroxylation is 2. The molecule has 6 heteroatoms. The molecule has 0 unspecified atom stereocenters. The average Bonchev–Trinajstić information content (AvgIpc) is 2.66. The summed E-state index contributed by atoms with van der Waals surface area (Å²) in [6.07, 6.45) is 0. The molecule has 0 radical (unpaired) electrons. The van der Waals surface area contributed by atoms with E-state index in [1.165, 1.54) is 12.1 Å². The van der Waals surface area contributed by atoms with E-state index in [0.29, 0.717) is 27.3 Å². The van der Waals surface area contributed by atoms with Crippen molar-refractivity contribution < 1.29 is 9.23 Å². The Morgan fingerprint density at radius 1 is 1.04 bits per heavy atom. The predicted octanol–water partition coefficient (Wildman–Crippen LogP) is 4.07. The second-order valence-electron chi connectivity index (χ2n) is 5.33. The Morgan fingerprint density at radius 2 is 1.67 bits per heavy atom. The Bertz CT molecular complexity index is 928. The van der Waals surface area contributed by atoms with E-state index in [-0.39, 0.29) is 12.4 Å². The first kappa shape index (κ1) is 16.3. The van der Waals surface area contributed by atoms with Gasteiger partial charge >= 0.3 is 0 Å². The third-order valence-corrected chi connectivity index (χ3v) is 3.89. The maximum Gasteiger partial charge on any atom is 0.145 e. The summed E-state index contributed by atoms with van der Waals surface area (Å²) in [5.41, 5.74) is 3.67. The molecule has 122 valence electrons. The van der Waals surface area contributed by atoms with Crippen LogP contribution in [0.3, 0.4) is 0 Å². The van der Waals surface area contributed by atoms with Gasteiger partial charge in [0.25, 0.3) is 0 Å². The summed E-state index contributed by atoms with van der Waals surface area (Å²) < 4.78 is 13.1. The Balaban J connectivity index is 1.95. The minimum Gasteiger partial charge on any atom is -0.390 e. The molecule has 0 spiro atoms. The highest BCUT2D eigenvalue weighted by Crippen LogP contribution is 2.18. The van der Waals surface area contributed by atoms with Crippen LogP contribution in [0.2, 0.25) is 5.02 Å². The zero-order valence-electron chi connectivity index (χ0n) is 13.3. The fourth-order valence-corrected chi connectivity index (χ4v) is 2.54. The molecule has 1 heterocycles. The number of para-hydroxylation sites is 2. The molecular formula is C18H15ClFN3O. The van der Waals surface area contributed by atoms with Gasteiger partial charge in [-0.25, -0.2) is 14.4 Å². The Labute approximate surface area is 143 Å². The molecule has 0 aliphatic carbocycles. The van der Waals surface area contributed by atoms with E-state index in [1.807, 2.05) is 38.1 Å². The van der Waals surface area contributed by atoms with Gasteiger partial charge in [0.2, 0.25) is 0 Å². The van der Waals surface area contributed by atoms with Crippen molar-refractivity contribution in [1.82, 2.24) is 9.97 Å². The molecule has 0 saturated carbocycles. The van der Waals surface area contributed by atoms with Crippen molar-refractivity contribution in [2.75, 3.05) is 0 Å². The first-order valence-electron chi connectivity index (χ1n) is 7.39. The molecule has 0 N–H and O–H groups in total. The lowest BCUT2D eigenvalue weighted by molar-refractivity contribution is 0.119. The minimum absolute atomic E-state index is 0.135. The van der Waals surface area contributed by atoms with Crippen molar-refractivity contribution in [2.24, 2.45) is 5.16 Å². The van der Waals surface area contributed by atoms with Crippen molar-refractivity contribution in [1.29, 1.82) is 0 Å². The van der Waals surface area contributed by atoms with Crippen LogP contribution in [0.1, 0.15) is 17.0 Å². The molecule has 0 aliphatic heterocycles. The Kier molecular flexibility index (Phi) is 4.71. The minimum atomic E-state index is -0.387. The number of fused-ring (bicyclic) bond motifs is 1. The topological polar surface area (TPSA) is 47.4 Å². The highest BCUT2D eigenvalue weighted by Gasteiger charge is 2.04. The Hall–Kier alpha value is -2.53. The molecule has 0 aliphatic rings. The van der Waals surface area contributed by atoms with Gasteiger partial charge < -0.3 is 4.84 Å². The maximum absolute atomic E-state index is 13.1. The summed E-state index contributed by atoms with van der Waals surface area (Å²) in [7, 11) is 0. The molecule has 1 aromatic heterocycles. The van der Waals surface area contributed by atoms with Crippen LogP contribution in [0.4, 0.5) is 4.39 Å². The zero-order chi connectivity index (χ0) is 17.1. The van der Waals surface area contributed by atoms with E-state index in [4.69, 9.17) is 16.4 Å². The van der Waals surface area contributed by atoms with Gasteiger partial charge in [-0.3, -0.25) is 0 Å². The third kappa shape index (κ3) is 3.51. The van der Waals surface area contributed by atoms with E-state index in [0.717, 1.165) is 11.0 Å². The van der Waals surface area contributed by atoms with Crippen LogP contribution in [0.25, 0.3) is 11.0 Å². The van der Waals surface area contributed by atoms with E-state index in [9.17, 15) is 4.39 Å². The summed E-state index contributed by atoms with van der Waals surface area (Å²) in [4.78, 5) is 14.5. The van der Waals surface area contributed by atoms with Gasteiger partial charge in [-0.2, -0.15) is 0 Å². The number of nitrogens with zero attached hydrogens (tertiary/aromatic N) is 3. The standard InChI is InChI=1S/C18H15ClFN3O/c1-11-18(12(2)22-17-6-4-3-5-16(17)21-11)23-24-10-13-7-8-14(20)9-15(13)19/h3-9H,10H2,1-2H3. The normalized spacial score (nSPS) is 10.7. The van der Waals surface area contributed by atoms with Crippen LogP contribution in [0.15, 0.2) is 47.6 Å². The summed E-state index contributed by atoms with van der Waals surface area (Å²) in [5, 5.41) is 5.03. The second-order valence-corrected chi connectivity index (χ2v) is 5.74. The van der Waals surface area contributed by atoms with E-state index >= 15 is 0 Å². The van der Waals surface area contributed by atoms with Gasteiger partial charge in [0.15, 0.2) is 0 Å². The lowest BCUT2D eigenvalue weighted by Crippen LogP contribution is -2.11. The van der Waals surface area contributed by atoms with Crippen LogP contribution < -0.4 is 5.36 Å². The largest absolute Gasteiger partial charge is 0.390 e. The molecule has 24 heavy (non-hydrogen) atoms. The highest BCUT2D eigenvalue weighted by molar-refractivity contribution is 6.31. The monoisotopic (exact) mass is 343 g/mol. The van der Waals surface area contributed by atoms with Gasteiger partial charge in [0.05, 0.1) is 27.4 Å². The van der Waals surface area contributed by atoms with Crippen LogP contribution in [-0.4, -0.2) is 9.97 Å². The number of rotatable bonds is 3. The fraction of sp³-hybridized carbons (Fsp3) is 0.167. The fourth-order valence-electron chi connectivity index (χ4n) is 2.32. The molecular weight excluding hydrogens is 329 g/mol. The zero-order valence-corrected chi connectivity index (χ0v) is 14.0. The van der Waals surface area contributed by atoms with Gasteiger partial charge in [-0.15, -0.1) is 0 Å². The van der Waals surface area contributed by atoms with Gasteiger partial charge in [0.1, 0.15) is 17.8 Å². The quantitative estimate of drug-likeness (QED) is 0.673.